The van der Waals surface area contributed by atoms with Gasteiger partial charge in [-0.2, -0.15) is 15.4 Å². The zero-order chi connectivity index (χ0) is 31.7. The van der Waals surface area contributed by atoms with E-state index in [2.05, 4.69) is 15.2 Å². The lowest BCUT2D eigenvalue weighted by Crippen LogP contribution is -2.46. The Balaban J connectivity index is 1.33. The Hall–Kier alpha value is -3.71. The van der Waals surface area contributed by atoms with E-state index >= 15 is 0 Å². The number of nitrogen functional groups attached to an aromatic ring is 1. The van der Waals surface area contributed by atoms with Crippen LogP contribution in [0.15, 0.2) is 48.8 Å². The normalized spacial score (nSPS) is 27.3. The molecule has 0 bridgehead atoms. The van der Waals surface area contributed by atoms with Crippen LogP contribution in [-0.2, 0) is 23.4 Å². The van der Waals surface area contributed by atoms with Gasteiger partial charge in [0.05, 0.1) is 5.69 Å². The second-order valence-electron chi connectivity index (χ2n) is 10.7. The fourth-order valence-corrected chi connectivity index (χ4v) is 6.57. The molecular formula is C27H31F2N6O8P. The van der Waals surface area contributed by atoms with Gasteiger partial charge in [0.15, 0.2) is 5.82 Å². The van der Waals surface area contributed by atoms with Gasteiger partial charge < -0.3 is 29.9 Å². The molecule has 44 heavy (non-hydrogen) atoms. The number of aliphatic hydroxyl groups is 2. The lowest BCUT2D eigenvalue weighted by Gasteiger charge is -2.30. The lowest BCUT2D eigenvalue weighted by molar-refractivity contribution is -0.156. The van der Waals surface area contributed by atoms with E-state index in [1.807, 2.05) is 0 Å². The van der Waals surface area contributed by atoms with Crippen molar-refractivity contribution in [1.82, 2.24) is 19.7 Å². The molecule has 0 unspecified atom stereocenters. The van der Waals surface area contributed by atoms with E-state index in [1.165, 1.54) is 36.0 Å². The number of nitrogens with one attached hydrogen (secondary N) is 1. The van der Waals surface area contributed by atoms with Gasteiger partial charge in [0.25, 0.3) is 0 Å². The zero-order valence-corrected chi connectivity index (χ0v) is 24.3. The minimum atomic E-state index is -4.54. The topological polar surface area (TPSA) is 204 Å². The van der Waals surface area contributed by atoms with Gasteiger partial charge in [-0.25, -0.2) is 22.8 Å². The third kappa shape index (κ3) is 6.53. The summed E-state index contributed by atoms with van der Waals surface area (Å²) in [5.41, 5.74) is 4.27. The predicted molar refractivity (Wildman–Crippen MR) is 148 cm³/mol. The number of nitriles is 1. The number of alkyl halides is 2. The summed E-state index contributed by atoms with van der Waals surface area (Å²) in [5, 5.41) is 38.5. The van der Waals surface area contributed by atoms with Crippen LogP contribution < -0.4 is 15.3 Å². The van der Waals surface area contributed by atoms with Crippen molar-refractivity contribution < 1.29 is 46.9 Å². The standard InChI is InChI=1S/C27H31F2N6O8P/c1-16(25(38)41-17-9-11-27(28,29)12-10-17)34-44(39,43-18-5-3-2-4-6-18)40-14-26(13-30)23(37)21(36)22(42-26)19-7-8-20-24(31)32-15-33-35(19)20/h2-8,15-17,21-23,36-37H,9-12,14H2,1H3,(H,34,39)(H2,31,32,33)/t16-,21-,22-,23-,26+,44-/m0/s1. The maximum absolute atomic E-state index is 14.0. The van der Waals surface area contributed by atoms with Gasteiger partial charge in [-0.15, -0.1) is 0 Å². The molecule has 14 nitrogen and oxygen atoms in total. The Morgan fingerprint density at radius 2 is 1.98 bits per heavy atom. The Morgan fingerprint density at radius 1 is 1.27 bits per heavy atom. The fourth-order valence-electron chi connectivity index (χ4n) is 5.05. The van der Waals surface area contributed by atoms with Gasteiger partial charge in [0.2, 0.25) is 11.5 Å². The second kappa shape index (κ2) is 12.4. The van der Waals surface area contributed by atoms with Crippen molar-refractivity contribution in [2.75, 3.05) is 12.3 Å². The molecule has 0 radical (unpaired) electrons. The fraction of sp³-hybridized carbons (Fsp3) is 0.481. The Bertz CT molecular complexity index is 1580. The molecule has 2 aliphatic rings. The summed E-state index contributed by atoms with van der Waals surface area (Å²) in [7, 11) is -4.54. The maximum atomic E-state index is 14.0. The van der Waals surface area contributed by atoms with Crippen molar-refractivity contribution in [3.05, 3.63) is 54.5 Å². The number of nitrogens with two attached hydrogens (primary N) is 1. The third-order valence-electron chi connectivity index (χ3n) is 7.51. The molecule has 3 aromatic rings. The number of fused-ring (bicyclic) bond motifs is 1. The largest absolute Gasteiger partial charge is 0.461 e. The number of esters is 1. The first kappa shape index (κ1) is 31.7. The van der Waals surface area contributed by atoms with Crippen LogP contribution in [0.1, 0.15) is 44.4 Å². The monoisotopic (exact) mass is 636 g/mol. The second-order valence-corrected chi connectivity index (χ2v) is 12.4. The molecule has 0 spiro atoms. The van der Waals surface area contributed by atoms with Crippen LogP contribution in [0.2, 0.25) is 0 Å². The van der Waals surface area contributed by atoms with Crippen molar-refractivity contribution >= 4 is 25.1 Å². The van der Waals surface area contributed by atoms with Crippen molar-refractivity contribution in [2.24, 2.45) is 0 Å². The summed E-state index contributed by atoms with van der Waals surface area (Å²) in [4.78, 5) is 16.7. The van der Waals surface area contributed by atoms with E-state index in [9.17, 15) is 33.6 Å². The van der Waals surface area contributed by atoms with E-state index in [0.717, 1.165) is 0 Å². The highest BCUT2D eigenvalue weighted by Crippen LogP contribution is 2.48. The molecule has 2 fully saturated rings. The van der Waals surface area contributed by atoms with Gasteiger partial charge in [0, 0.05) is 12.8 Å². The molecule has 3 heterocycles. The molecular weight excluding hydrogens is 605 g/mol. The molecule has 1 saturated heterocycles. The van der Waals surface area contributed by atoms with Gasteiger partial charge in [-0.05, 0) is 44.0 Å². The Morgan fingerprint density at radius 3 is 2.66 bits per heavy atom. The number of carbonyl (C=O) groups is 1. The molecule has 1 aromatic carbocycles. The molecule has 2 aromatic heterocycles. The number of rotatable bonds is 10. The number of nitrogens with zero attached hydrogens (tertiary/aromatic N) is 4. The highest BCUT2D eigenvalue weighted by Gasteiger charge is 2.57. The van der Waals surface area contributed by atoms with E-state index in [0.29, 0.717) is 5.52 Å². The van der Waals surface area contributed by atoms with Crippen molar-refractivity contribution in [1.29, 1.82) is 5.26 Å². The number of benzene rings is 1. The van der Waals surface area contributed by atoms with Crippen LogP contribution in [0.3, 0.4) is 0 Å². The third-order valence-corrected chi connectivity index (χ3v) is 9.13. The molecule has 17 heteroatoms. The number of aromatic nitrogens is 3. The van der Waals surface area contributed by atoms with Crippen molar-refractivity contribution in [2.45, 2.75) is 74.6 Å². The van der Waals surface area contributed by atoms with E-state index in [1.54, 1.807) is 30.3 Å². The van der Waals surface area contributed by atoms with Crippen LogP contribution in [0.5, 0.6) is 5.75 Å². The van der Waals surface area contributed by atoms with Crippen molar-refractivity contribution in [3.63, 3.8) is 0 Å². The van der Waals surface area contributed by atoms with E-state index in [-0.39, 0.29) is 30.1 Å². The number of hydrogen-bond acceptors (Lipinski definition) is 12. The first-order valence-corrected chi connectivity index (χ1v) is 15.3. The average molecular weight is 637 g/mol. The van der Waals surface area contributed by atoms with Gasteiger partial charge in [-0.1, -0.05) is 18.2 Å². The quantitative estimate of drug-likeness (QED) is 0.187. The number of halogens is 2. The van der Waals surface area contributed by atoms with Crippen LogP contribution in [0.25, 0.3) is 5.52 Å². The first-order chi connectivity index (χ1) is 20.9. The molecule has 1 saturated carbocycles. The summed E-state index contributed by atoms with van der Waals surface area (Å²) in [5.74, 6) is -3.48. The molecule has 6 atom stereocenters. The number of para-hydroxylation sites is 1. The van der Waals surface area contributed by atoms with Gasteiger partial charge in [0.1, 0.15) is 60.7 Å². The van der Waals surface area contributed by atoms with Gasteiger partial charge in [-0.3, -0.25) is 9.32 Å². The number of ether oxygens (including phenoxy) is 2. The Labute approximate surface area is 250 Å². The molecule has 5 rings (SSSR count). The molecule has 1 aliphatic heterocycles. The number of anilines is 1. The van der Waals surface area contributed by atoms with E-state index in [4.69, 9.17) is 24.3 Å². The zero-order valence-electron chi connectivity index (χ0n) is 23.5. The van der Waals surface area contributed by atoms with Crippen LogP contribution >= 0.6 is 7.75 Å². The SMILES string of the molecule is C[C@H](N[P@](=O)(OC[C@@]1(C#N)O[C@@H](c2ccc3c(N)ncnn23)[C@H](O)[C@@H]1O)Oc1ccccc1)C(=O)OC1CCC(F)(F)CC1. The predicted octanol–water partition coefficient (Wildman–Crippen LogP) is 2.67. The van der Waals surface area contributed by atoms with E-state index < -0.39 is 75.1 Å². The summed E-state index contributed by atoms with van der Waals surface area (Å²) in [6.07, 6.45) is -5.24. The average Bonchev–Trinajstić information content (AvgIpc) is 3.53. The number of aliphatic hydroxyl groups excluding tert-OH is 2. The summed E-state index contributed by atoms with van der Waals surface area (Å²) in [6, 6.07) is 11.4. The molecule has 236 valence electrons. The smallest absolute Gasteiger partial charge is 0.459 e. The number of carbonyl (C=O) groups excluding carboxylic acids is 1. The lowest BCUT2D eigenvalue weighted by atomic mass is 9.94. The summed E-state index contributed by atoms with van der Waals surface area (Å²) in [6.45, 7) is 0.436. The molecule has 1 aliphatic carbocycles. The number of hydrogen-bond donors (Lipinski definition) is 4. The minimum absolute atomic E-state index is 0.0286. The summed E-state index contributed by atoms with van der Waals surface area (Å²) < 4.78 is 64.8. The van der Waals surface area contributed by atoms with Gasteiger partial charge >= 0.3 is 13.7 Å². The Kier molecular flexibility index (Phi) is 8.90. The maximum Gasteiger partial charge on any atom is 0.459 e. The van der Waals surface area contributed by atoms with Crippen molar-refractivity contribution in [3.8, 4) is 11.8 Å². The van der Waals surface area contributed by atoms with Crippen LogP contribution in [0.4, 0.5) is 14.6 Å². The van der Waals surface area contributed by atoms with Crippen LogP contribution in [0, 0.1) is 11.3 Å². The molecule has 0 amide bonds. The highest BCUT2D eigenvalue weighted by atomic mass is 31.2. The highest BCUT2D eigenvalue weighted by molar-refractivity contribution is 7.52. The minimum Gasteiger partial charge on any atom is -0.461 e. The molecule has 5 N–H and O–H groups in total. The first-order valence-electron chi connectivity index (χ1n) is 13.7. The summed E-state index contributed by atoms with van der Waals surface area (Å²) >= 11 is 0. The van der Waals surface area contributed by atoms with Crippen LogP contribution in [-0.4, -0.2) is 73.3 Å².